The molecule has 1 atom stereocenters. The third-order valence-electron chi connectivity index (χ3n) is 3.08. The van der Waals surface area contributed by atoms with Gasteiger partial charge < -0.3 is 10.1 Å². The SMILES string of the molecule is CN=C1S[C@H](CC(=O)Nc2ccccc2OC(F)F)C(=O)N1C. The second-order valence-electron chi connectivity index (χ2n) is 4.64. The minimum atomic E-state index is -2.99. The number of amidine groups is 1. The van der Waals surface area contributed by atoms with Crippen LogP contribution >= 0.6 is 11.8 Å². The zero-order chi connectivity index (χ0) is 17.0. The normalized spacial score (nSPS) is 19.5. The van der Waals surface area contributed by atoms with Crippen LogP contribution in [0.3, 0.4) is 0 Å². The number of ether oxygens (including phenoxy) is 1. The highest BCUT2D eigenvalue weighted by Gasteiger charge is 2.36. The lowest BCUT2D eigenvalue weighted by atomic mass is 10.2. The lowest BCUT2D eigenvalue weighted by Crippen LogP contribution is -2.30. The van der Waals surface area contributed by atoms with E-state index in [2.05, 4.69) is 15.0 Å². The largest absolute Gasteiger partial charge is 0.433 e. The third-order valence-corrected chi connectivity index (χ3v) is 4.40. The molecule has 0 aromatic heterocycles. The van der Waals surface area contributed by atoms with E-state index in [4.69, 9.17) is 0 Å². The first kappa shape index (κ1) is 17.2. The highest BCUT2D eigenvalue weighted by molar-refractivity contribution is 8.15. The summed E-state index contributed by atoms with van der Waals surface area (Å²) >= 11 is 1.19. The Kier molecular flexibility index (Phi) is 5.54. The summed E-state index contributed by atoms with van der Waals surface area (Å²) < 4.78 is 29.0. The minimum absolute atomic E-state index is 0.0874. The van der Waals surface area contributed by atoms with Crippen LogP contribution in [0.5, 0.6) is 5.75 Å². The van der Waals surface area contributed by atoms with Crippen LogP contribution in [0.25, 0.3) is 0 Å². The first-order valence-electron chi connectivity index (χ1n) is 6.67. The zero-order valence-electron chi connectivity index (χ0n) is 12.5. The van der Waals surface area contributed by atoms with E-state index in [0.717, 1.165) is 0 Å². The van der Waals surface area contributed by atoms with Crippen molar-refractivity contribution in [2.24, 2.45) is 4.99 Å². The molecule has 1 aliphatic rings. The Hall–Kier alpha value is -2.16. The smallest absolute Gasteiger partial charge is 0.387 e. The van der Waals surface area contributed by atoms with Gasteiger partial charge in [-0.3, -0.25) is 19.5 Å². The molecule has 1 fully saturated rings. The van der Waals surface area contributed by atoms with Gasteiger partial charge in [-0.05, 0) is 12.1 Å². The van der Waals surface area contributed by atoms with E-state index >= 15 is 0 Å². The van der Waals surface area contributed by atoms with Crippen LogP contribution in [0.1, 0.15) is 6.42 Å². The molecule has 1 aliphatic heterocycles. The van der Waals surface area contributed by atoms with Gasteiger partial charge in [0.2, 0.25) is 11.8 Å². The Morgan fingerprint density at radius 1 is 1.48 bits per heavy atom. The predicted molar refractivity (Wildman–Crippen MR) is 83.8 cm³/mol. The lowest BCUT2D eigenvalue weighted by Gasteiger charge is -2.12. The molecule has 1 saturated heterocycles. The molecule has 0 saturated carbocycles. The van der Waals surface area contributed by atoms with Crippen molar-refractivity contribution in [2.75, 3.05) is 19.4 Å². The molecule has 2 amide bonds. The number of carbonyl (C=O) groups excluding carboxylic acids is 2. The summed E-state index contributed by atoms with van der Waals surface area (Å²) in [5, 5.41) is 2.44. The molecular weight excluding hydrogens is 328 g/mol. The van der Waals surface area contributed by atoms with Gasteiger partial charge in [-0.1, -0.05) is 23.9 Å². The van der Waals surface area contributed by atoms with Gasteiger partial charge in [0.05, 0.1) is 5.69 Å². The molecule has 0 bridgehead atoms. The van der Waals surface area contributed by atoms with Crippen molar-refractivity contribution in [2.45, 2.75) is 18.3 Å². The molecule has 1 aromatic carbocycles. The van der Waals surface area contributed by atoms with Crippen molar-refractivity contribution in [1.82, 2.24) is 4.90 Å². The first-order chi connectivity index (χ1) is 10.9. The van der Waals surface area contributed by atoms with E-state index in [9.17, 15) is 18.4 Å². The van der Waals surface area contributed by atoms with Crippen LogP contribution in [0.15, 0.2) is 29.3 Å². The Labute approximate surface area is 135 Å². The van der Waals surface area contributed by atoms with Gasteiger partial charge in [0.1, 0.15) is 11.0 Å². The lowest BCUT2D eigenvalue weighted by molar-refractivity contribution is -0.127. The average molecular weight is 343 g/mol. The number of halogens is 2. The second kappa shape index (κ2) is 7.40. The first-order valence-corrected chi connectivity index (χ1v) is 7.55. The van der Waals surface area contributed by atoms with Crippen molar-refractivity contribution in [3.05, 3.63) is 24.3 Å². The molecule has 0 unspecified atom stereocenters. The Balaban J connectivity index is 2.02. The Morgan fingerprint density at radius 3 is 2.78 bits per heavy atom. The number of carbonyl (C=O) groups is 2. The second-order valence-corrected chi connectivity index (χ2v) is 5.81. The molecule has 6 nitrogen and oxygen atoms in total. The van der Waals surface area contributed by atoms with Gasteiger partial charge in [0.25, 0.3) is 0 Å². The van der Waals surface area contributed by atoms with E-state index in [0.29, 0.717) is 5.17 Å². The molecule has 9 heteroatoms. The standard InChI is InChI=1S/C14H15F2N3O3S/c1-17-14-19(2)12(21)10(23-14)7-11(20)18-8-5-3-4-6-9(8)22-13(15)16/h3-6,10,13H,7H2,1-2H3,(H,18,20)/t10-/m1/s1. The van der Waals surface area contributed by atoms with Gasteiger partial charge in [-0.15, -0.1) is 0 Å². The van der Waals surface area contributed by atoms with Gasteiger partial charge in [-0.2, -0.15) is 8.78 Å². The number of benzene rings is 1. The van der Waals surface area contributed by atoms with Gasteiger partial charge >= 0.3 is 6.61 Å². The number of thioether (sulfide) groups is 1. The number of nitrogens with one attached hydrogen (secondary N) is 1. The molecule has 23 heavy (non-hydrogen) atoms. The molecule has 1 N–H and O–H groups in total. The predicted octanol–water partition coefficient (Wildman–Crippen LogP) is 2.18. The molecular formula is C14H15F2N3O3S. The summed E-state index contributed by atoms with van der Waals surface area (Å²) in [5.41, 5.74) is 0.131. The van der Waals surface area contributed by atoms with E-state index in [1.807, 2.05) is 0 Å². The number of rotatable bonds is 5. The fourth-order valence-corrected chi connectivity index (χ4v) is 3.14. The van der Waals surface area contributed by atoms with Gasteiger partial charge in [0.15, 0.2) is 5.17 Å². The maximum Gasteiger partial charge on any atom is 0.387 e. The fourth-order valence-electron chi connectivity index (χ4n) is 2.04. The van der Waals surface area contributed by atoms with Crippen molar-refractivity contribution in [1.29, 1.82) is 0 Å². The highest BCUT2D eigenvalue weighted by atomic mass is 32.2. The maximum absolute atomic E-state index is 12.3. The number of hydrogen-bond donors (Lipinski definition) is 1. The van der Waals surface area contributed by atoms with Crippen molar-refractivity contribution < 1.29 is 23.1 Å². The topological polar surface area (TPSA) is 71.0 Å². The molecule has 1 aromatic rings. The molecule has 0 aliphatic carbocycles. The van der Waals surface area contributed by atoms with E-state index in [-0.39, 0.29) is 23.8 Å². The molecule has 124 valence electrons. The van der Waals surface area contributed by atoms with E-state index in [1.165, 1.54) is 34.9 Å². The number of hydrogen-bond acceptors (Lipinski definition) is 5. The van der Waals surface area contributed by atoms with Crippen molar-refractivity contribution in [3.63, 3.8) is 0 Å². The molecule has 2 rings (SSSR count). The summed E-state index contributed by atoms with van der Waals surface area (Å²) in [6, 6.07) is 5.87. The summed E-state index contributed by atoms with van der Waals surface area (Å²) in [5.74, 6) is -0.816. The summed E-state index contributed by atoms with van der Waals surface area (Å²) in [4.78, 5) is 29.4. The van der Waals surface area contributed by atoms with Crippen LogP contribution in [0, 0.1) is 0 Å². The van der Waals surface area contributed by atoms with Crippen LogP contribution < -0.4 is 10.1 Å². The van der Waals surface area contributed by atoms with E-state index < -0.39 is 17.8 Å². The Morgan fingerprint density at radius 2 is 2.17 bits per heavy atom. The van der Waals surface area contributed by atoms with Crippen molar-refractivity contribution in [3.8, 4) is 5.75 Å². The quantitative estimate of drug-likeness (QED) is 0.889. The number of aliphatic imine (C=N–C) groups is 1. The van der Waals surface area contributed by atoms with Crippen LogP contribution in [-0.2, 0) is 9.59 Å². The van der Waals surface area contributed by atoms with Crippen molar-refractivity contribution >= 4 is 34.4 Å². The maximum atomic E-state index is 12.3. The van der Waals surface area contributed by atoms with Gasteiger partial charge in [-0.25, -0.2) is 0 Å². The average Bonchev–Trinajstić information content (AvgIpc) is 2.76. The number of alkyl halides is 2. The zero-order valence-corrected chi connectivity index (χ0v) is 13.3. The monoisotopic (exact) mass is 343 g/mol. The summed E-state index contributed by atoms with van der Waals surface area (Å²) in [6.45, 7) is -2.99. The number of anilines is 1. The number of nitrogens with zero attached hydrogens (tertiary/aromatic N) is 2. The molecule has 0 spiro atoms. The minimum Gasteiger partial charge on any atom is -0.433 e. The summed E-state index contributed by atoms with van der Waals surface area (Å²) in [7, 11) is 3.15. The highest BCUT2D eigenvalue weighted by Crippen LogP contribution is 2.30. The third kappa shape index (κ3) is 4.19. The Bertz CT molecular complexity index is 639. The molecule has 0 radical (unpaired) electrons. The van der Waals surface area contributed by atoms with Crippen LogP contribution in [0.4, 0.5) is 14.5 Å². The van der Waals surface area contributed by atoms with E-state index in [1.54, 1.807) is 20.2 Å². The molecule has 1 heterocycles. The fraction of sp³-hybridized carbons (Fsp3) is 0.357. The number of para-hydroxylation sites is 2. The van der Waals surface area contributed by atoms with Crippen LogP contribution in [0.2, 0.25) is 0 Å². The van der Waals surface area contributed by atoms with Crippen LogP contribution in [-0.4, -0.2) is 47.8 Å². The summed E-state index contributed by atoms with van der Waals surface area (Å²) in [6.07, 6.45) is -0.0874. The van der Waals surface area contributed by atoms with Gasteiger partial charge in [0, 0.05) is 20.5 Å². The number of amides is 2.